The van der Waals surface area contributed by atoms with Crippen LogP contribution in [-0.2, 0) is 19.2 Å². The summed E-state index contributed by atoms with van der Waals surface area (Å²) in [5, 5.41) is 10.7. The number of rotatable bonds is 4. The minimum Gasteiger partial charge on any atom is -0.548 e. The molecule has 7 nitrogen and oxygen atoms in total. The number of carbonyl (C=O) groups is 4. The number of thiocarbonyl (C=S) groups is 1. The molecular weight excluding hydrogens is 383 g/mol. The lowest BCUT2D eigenvalue weighted by molar-refractivity contribution is -0.305. The number of carboxylic acid groups (broad SMARTS) is 1. The fourth-order valence-electron chi connectivity index (χ4n) is 2.62. The Hall–Kier alpha value is -2.59. The van der Waals surface area contributed by atoms with Crippen molar-refractivity contribution in [2.45, 2.75) is 12.5 Å². The summed E-state index contributed by atoms with van der Waals surface area (Å²) in [6, 6.07) is 4.27. The molecule has 0 N–H and O–H groups in total. The summed E-state index contributed by atoms with van der Waals surface area (Å²) in [5.74, 6) is -4.07. The van der Waals surface area contributed by atoms with Gasteiger partial charge in [-0.15, -0.1) is 0 Å². The van der Waals surface area contributed by atoms with Crippen LogP contribution in [0.15, 0.2) is 29.2 Å². The highest BCUT2D eigenvalue weighted by atomic mass is 32.2. The van der Waals surface area contributed by atoms with Crippen LogP contribution >= 0.6 is 24.0 Å². The van der Waals surface area contributed by atoms with Crippen molar-refractivity contribution in [1.82, 2.24) is 9.80 Å². The first-order valence-electron chi connectivity index (χ1n) is 7.34. The van der Waals surface area contributed by atoms with Crippen molar-refractivity contribution in [3.05, 3.63) is 40.6 Å². The Kier molecular flexibility index (Phi) is 4.88. The summed E-state index contributed by atoms with van der Waals surface area (Å²) in [4.78, 5) is 49.3. The maximum atomic E-state index is 13.0. The van der Waals surface area contributed by atoms with Crippen molar-refractivity contribution >= 4 is 58.1 Å². The summed E-state index contributed by atoms with van der Waals surface area (Å²) in [5.41, 5.74) is 0.569. The number of hydrogen-bond acceptors (Lipinski definition) is 7. The van der Waals surface area contributed by atoms with Crippen molar-refractivity contribution in [3.8, 4) is 0 Å². The molecule has 26 heavy (non-hydrogen) atoms. The Morgan fingerprint density at radius 3 is 2.58 bits per heavy atom. The number of benzene rings is 1. The molecule has 3 rings (SSSR count). The summed E-state index contributed by atoms with van der Waals surface area (Å²) in [7, 11) is 0. The lowest BCUT2D eigenvalue weighted by Crippen LogP contribution is -2.46. The summed E-state index contributed by atoms with van der Waals surface area (Å²) < 4.78 is 13.1. The molecule has 2 saturated heterocycles. The molecule has 3 amide bonds. The Morgan fingerprint density at radius 1 is 1.31 bits per heavy atom. The molecule has 0 bridgehead atoms. The van der Waals surface area contributed by atoms with E-state index in [9.17, 15) is 28.7 Å². The summed E-state index contributed by atoms with van der Waals surface area (Å²) in [6.45, 7) is -0.867. The first-order chi connectivity index (χ1) is 12.3. The molecule has 2 aliphatic rings. The van der Waals surface area contributed by atoms with E-state index in [1.807, 2.05) is 0 Å². The number of thioether (sulfide) groups is 1. The highest BCUT2D eigenvalue weighted by Crippen LogP contribution is 2.36. The Morgan fingerprint density at radius 2 is 1.96 bits per heavy atom. The number of hydrogen-bond donors (Lipinski definition) is 0. The largest absolute Gasteiger partial charge is 0.548 e. The molecule has 0 spiro atoms. The van der Waals surface area contributed by atoms with Gasteiger partial charge >= 0.3 is 0 Å². The molecule has 2 heterocycles. The topological polar surface area (TPSA) is 97.8 Å². The van der Waals surface area contributed by atoms with Crippen LogP contribution in [0.5, 0.6) is 0 Å². The van der Waals surface area contributed by atoms with E-state index in [0.717, 1.165) is 16.7 Å². The number of amides is 3. The van der Waals surface area contributed by atoms with Crippen LogP contribution in [0, 0.1) is 5.82 Å². The molecule has 1 aromatic rings. The zero-order valence-electron chi connectivity index (χ0n) is 13.0. The molecule has 134 valence electrons. The van der Waals surface area contributed by atoms with Crippen molar-refractivity contribution < 1.29 is 28.7 Å². The highest BCUT2D eigenvalue weighted by molar-refractivity contribution is 8.26. The second-order valence-electron chi connectivity index (χ2n) is 5.51. The van der Waals surface area contributed by atoms with Crippen LogP contribution in [0.25, 0.3) is 6.08 Å². The highest BCUT2D eigenvalue weighted by Gasteiger charge is 2.48. The fraction of sp³-hybridized carbons (Fsp3) is 0.188. The van der Waals surface area contributed by atoms with Gasteiger partial charge in [-0.3, -0.25) is 24.2 Å². The number of carbonyl (C=O) groups excluding carboxylic acids is 4. The molecule has 0 aliphatic carbocycles. The molecule has 10 heteroatoms. The monoisotopic (exact) mass is 393 g/mol. The molecule has 0 aromatic heterocycles. The molecule has 2 fully saturated rings. The van der Waals surface area contributed by atoms with Crippen LogP contribution in [-0.4, -0.2) is 50.4 Å². The van der Waals surface area contributed by atoms with Gasteiger partial charge in [0.05, 0.1) is 23.8 Å². The van der Waals surface area contributed by atoms with Crippen molar-refractivity contribution in [2.24, 2.45) is 0 Å². The number of likely N-dealkylation sites (tertiary alicyclic amines) is 1. The normalized spacial score (nSPS) is 22.0. The van der Waals surface area contributed by atoms with Gasteiger partial charge in [-0.25, -0.2) is 4.39 Å². The van der Waals surface area contributed by atoms with Crippen LogP contribution < -0.4 is 5.11 Å². The summed E-state index contributed by atoms with van der Waals surface area (Å²) >= 11 is 6.09. The molecule has 0 unspecified atom stereocenters. The minimum absolute atomic E-state index is 0.0878. The Labute approximate surface area is 156 Å². The predicted molar refractivity (Wildman–Crippen MR) is 91.5 cm³/mol. The Balaban J connectivity index is 1.83. The number of aliphatic carboxylic acids is 1. The van der Waals surface area contributed by atoms with Crippen LogP contribution in [0.2, 0.25) is 0 Å². The van der Waals surface area contributed by atoms with Crippen molar-refractivity contribution in [3.63, 3.8) is 0 Å². The maximum Gasteiger partial charge on any atom is 0.266 e. The fourth-order valence-corrected chi connectivity index (χ4v) is 3.98. The van der Waals surface area contributed by atoms with Gasteiger partial charge in [0, 0.05) is 0 Å². The van der Waals surface area contributed by atoms with E-state index < -0.39 is 42.1 Å². The van der Waals surface area contributed by atoms with E-state index in [0.29, 0.717) is 10.5 Å². The lowest BCUT2D eigenvalue weighted by atomic mass is 10.2. The quantitative estimate of drug-likeness (QED) is 0.400. The molecular formula is C16H10FN2O5S2-. The first-order valence-corrected chi connectivity index (χ1v) is 8.57. The zero-order chi connectivity index (χ0) is 19.0. The summed E-state index contributed by atoms with van der Waals surface area (Å²) in [6.07, 6.45) is 1.15. The number of nitrogens with zero attached hydrogens (tertiary/aromatic N) is 2. The third kappa shape index (κ3) is 3.37. The average molecular weight is 393 g/mol. The predicted octanol–water partition coefficient (Wildman–Crippen LogP) is -0.0957. The van der Waals surface area contributed by atoms with Crippen molar-refractivity contribution in [2.75, 3.05) is 6.54 Å². The molecule has 0 saturated carbocycles. The van der Waals surface area contributed by atoms with E-state index >= 15 is 0 Å². The SMILES string of the molecule is O=C([O-])CN1C(=O)C[C@H](N2C(=O)/C(=C/c3ccc(F)cc3)SC2=S)C1=O. The van der Waals surface area contributed by atoms with Gasteiger partial charge in [-0.05, 0) is 23.8 Å². The van der Waals surface area contributed by atoms with Gasteiger partial charge in [0.1, 0.15) is 16.2 Å². The average Bonchev–Trinajstić information content (AvgIpc) is 2.99. The molecule has 1 atom stereocenters. The van der Waals surface area contributed by atoms with E-state index in [1.54, 1.807) is 0 Å². The van der Waals surface area contributed by atoms with Gasteiger partial charge in [0.2, 0.25) is 5.91 Å². The Bertz CT molecular complexity index is 868. The van der Waals surface area contributed by atoms with Crippen LogP contribution in [0.4, 0.5) is 4.39 Å². The standard InChI is InChI=1S/C16H11FN2O5S2/c17-9-3-1-8(2-4-9)5-11-15(24)19(16(25)26-11)10-6-12(20)18(14(10)23)7-13(21)22/h1-5,10H,6-7H2,(H,21,22)/p-1/b11-5-/t10-/m0/s1. The van der Waals surface area contributed by atoms with E-state index in [2.05, 4.69) is 0 Å². The molecule has 0 radical (unpaired) electrons. The second-order valence-corrected chi connectivity index (χ2v) is 7.19. The van der Waals surface area contributed by atoms with Gasteiger partial charge in [-0.2, -0.15) is 0 Å². The van der Waals surface area contributed by atoms with Gasteiger partial charge < -0.3 is 9.90 Å². The van der Waals surface area contributed by atoms with E-state index in [1.165, 1.54) is 30.3 Å². The van der Waals surface area contributed by atoms with E-state index in [4.69, 9.17) is 12.2 Å². The van der Waals surface area contributed by atoms with Gasteiger partial charge in [0.25, 0.3) is 11.8 Å². The maximum absolute atomic E-state index is 13.0. The van der Waals surface area contributed by atoms with Crippen LogP contribution in [0.3, 0.4) is 0 Å². The van der Waals surface area contributed by atoms with Gasteiger partial charge in [-0.1, -0.05) is 36.1 Å². The van der Waals surface area contributed by atoms with Gasteiger partial charge in [0.15, 0.2) is 0 Å². The number of halogens is 1. The third-order valence-corrected chi connectivity index (χ3v) is 5.14. The second kappa shape index (κ2) is 6.96. The lowest BCUT2D eigenvalue weighted by Gasteiger charge is -2.21. The molecule has 2 aliphatic heterocycles. The van der Waals surface area contributed by atoms with Crippen molar-refractivity contribution in [1.29, 1.82) is 0 Å². The molecule has 1 aromatic carbocycles. The number of carboxylic acids is 1. The van der Waals surface area contributed by atoms with Crippen LogP contribution in [0.1, 0.15) is 12.0 Å². The third-order valence-electron chi connectivity index (χ3n) is 3.81. The zero-order valence-corrected chi connectivity index (χ0v) is 14.6. The minimum atomic E-state index is -1.58. The smallest absolute Gasteiger partial charge is 0.266 e. The number of imide groups is 1. The first kappa shape index (κ1) is 18.2. The van der Waals surface area contributed by atoms with E-state index in [-0.39, 0.29) is 15.6 Å².